The molecule has 0 aliphatic carbocycles. The predicted octanol–water partition coefficient (Wildman–Crippen LogP) is -0.357. The fraction of sp³-hybridized carbons (Fsp3) is 0.100. The average molecular weight is 266 g/mol. The molecule has 0 aliphatic rings. The Morgan fingerprint density at radius 1 is 1.33 bits per heavy atom. The number of nitrogens with zero attached hydrogens (tertiary/aromatic N) is 2. The van der Waals surface area contributed by atoms with Gasteiger partial charge in [-0.1, -0.05) is 0 Å². The van der Waals surface area contributed by atoms with E-state index in [1.54, 1.807) is 6.07 Å². The topological polar surface area (TPSA) is 105 Å². The zero-order valence-electron chi connectivity index (χ0n) is 9.20. The number of aromatic amines is 1. The van der Waals surface area contributed by atoms with Gasteiger partial charge < -0.3 is 4.98 Å². The maximum Gasteiger partial charge on any atom is 0.246 e. The molecule has 8 heteroatoms. The van der Waals surface area contributed by atoms with E-state index in [-0.39, 0.29) is 11.4 Å². The van der Waals surface area contributed by atoms with Crippen LogP contribution in [0.15, 0.2) is 46.7 Å². The molecule has 0 aromatic carbocycles. The second-order valence-corrected chi connectivity index (χ2v) is 5.13. The van der Waals surface area contributed by atoms with E-state index in [0.29, 0.717) is 5.69 Å². The van der Waals surface area contributed by atoms with Crippen LogP contribution in [0.3, 0.4) is 0 Å². The summed E-state index contributed by atoms with van der Waals surface area (Å²) in [7, 11) is -3.84. The SMILES string of the molecule is O=c1cc[nH]cc1S(=O)(=O)NCc1ccncn1. The van der Waals surface area contributed by atoms with E-state index in [1.165, 1.54) is 18.7 Å². The molecule has 0 saturated heterocycles. The van der Waals surface area contributed by atoms with Crippen molar-refractivity contribution >= 4 is 10.0 Å². The Hall–Kier alpha value is -2.06. The summed E-state index contributed by atoms with van der Waals surface area (Å²) in [5.74, 6) is 0. The van der Waals surface area contributed by atoms with Crippen LogP contribution in [0.1, 0.15) is 5.69 Å². The number of hydrogen-bond acceptors (Lipinski definition) is 5. The van der Waals surface area contributed by atoms with E-state index in [2.05, 4.69) is 19.7 Å². The molecule has 18 heavy (non-hydrogen) atoms. The number of pyridine rings is 1. The third-order valence-electron chi connectivity index (χ3n) is 2.16. The predicted molar refractivity (Wildman–Crippen MR) is 63.1 cm³/mol. The van der Waals surface area contributed by atoms with Crippen LogP contribution in [0, 0.1) is 0 Å². The van der Waals surface area contributed by atoms with Crippen LogP contribution in [-0.2, 0) is 16.6 Å². The van der Waals surface area contributed by atoms with Gasteiger partial charge in [-0.15, -0.1) is 0 Å². The van der Waals surface area contributed by atoms with Gasteiger partial charge in [-0.05, 0) is 6.07 Å². The first-order valence-corrected chi connectivity index (χ1v) is 6.49. The van der Waals surface area contributed by atoms with Gasteiger partial charge in [0.05, 0.1) is 12.2 Å². The Labute approximate surface area is 103 Å². The lowest BCUT2D eigenvalue weighted by Gasteiger charge is -2.04. The summed E-state index contributed by atoms with van der Waals surface area (Å²) < 4.78 is 26.0. The van der Waals surface area contributed by atoms with Crippen molar-refractivity contribution in [2.75, 3.05) is 0 Å². The summed E-state index contributed by atoms with van der Waals surface area (Å²) >= 11 is 0. The number of H-pyrrole nitrogens is 1. The Morgan fingerprint density at radius 2 is 2.17 bits per heavy atom. The van der Waals surface area contributed by atoms with Crippen molar-refractivity contribution in [1.82, 2.24) is 19.7 Å². The Bertz CT molecular complexity index is 682. The molecular formula is C10H10N4O3S. The molecule has 0 radical (unpaired) electrons. The molecule has 0 fully saturated rings. The van der Waals surface area contributed by atoms with Gasteiger partial charge >= 0.3 is 0 Å². The van der Waals surface area contributed by atoms with Gasteiger partial charge in [-0.3, -0.25) is 4.79 Å². The molecular weight excluding hydrogens is 256 g/mol. The van der Waals surface area contributed by atoms with E-state index in [9.17, 15) is 13.2 Å². The lowest BCUT2D eigenvalue weighted by molar-refractivity contribution is 0.579. The van der Waals surface area contributed by atoms with E-state index < -0.39 is 15.5 Å². The largest absolute Gasteiger partial charge is 0.366 e. The molecule has 94 valence electrons. The normalized spacial score (nSPS) is 11.3. The van der Waals surface area contributed by atoms with E-state index in [4.69, 9.17) is 0 Å². The molecule has 0 spiro atoms. The highest BCUT2D eigenvalue weighted by molar-refractivity contribution is 7.89. The number of hydrogen-bond donors (Lipinski definition) is 2. The molecule has 0 bridgehead atoms. The minimum atomic E-state index is -3.84. The van der Waals surface area contributed by atoms with Crippen LogP contribution in [-0.4, -0.2) is 23.4 Å². The van der Waals surface area contributed by atoms with Gasteiger partial charge in [0.15, 0.2) is 0 Å². The second-order valence-electron chi connectivity index (χ2n) is 3.40. The maximum absolute atomic E-state index is 11.9. The molecule has 2 aromatic heterocycles. The summed E-state index contributed by atoms with van der Waals surface area (Å²) in [6.45, 7) is -0.000806. The summed E-state index contributed by atoms with van der Waals surface area (Å²) in [6.07, 6.45) is 5.33. The van der Waals surface area contributed by atoms with Crippen molar-refractivity contribution in [3.8, 4) is 0 Å². The first kappa shape index (κ1) is 12.4. The number of nitrogens with one attached hydrogen (secondary N) is 2. The highest BCUT2D eigenvalue weighted by atomic mass is 32.2. The van der Waals surface area contributed by atoms with Crippen molar-refractivity contribution in [2.24, 2.45) is 0 Å². The summed E-state index contributed by atoms with van der Waals surface area (Å²) in [5, 5.41) is 0. The van der Waals surface area contributed by atoms with Crippen LogP contribution >= 0.6 is 0 Å². The first-order valence-electron chi connectivity index (χ1n) is 5.01. The van der Waals surface area contributed by atoms with Crippen LogP contribution in [0.25, 0.3) is 0 Å². The smallest absolute Gasteiger partial charge is 0.246 e. The molecule has 2 rings (SSSR count). The van der Waals surface area contributed by atoms with Crippen LogP contribution in [0.2, 0.25) is 0 Å². The quantitative estimate of drug-likeness (QED) is 0.786. The Kier molecular flexibility index (Phi) is 3.49. The molecule has 0 saturated carbocycles. The number of aromatic nitrogens is 3. The van der Waals surface area contributed by atoms with E-state index >= 15 is 0 Å². The van der Waals surface area contributed by atoms with Crippen LogP contribution in [0.4, 0.5) is 0 Å². The summed E-state index contributed by atoms with van der Waals surface area (Å²) in [6, 6.07) is 2.73. The van der Waals surface area contributed by atoms with Gasteiger partial charge in [0, 0.05) is 24.7 Å². The molecule has 2 N–H and O–H groups in total. The van der Waals surface area contributed by atoms with Gasteiger partial charge in [-0.2, -0.15) is 0 Å². The molecule has 2 heterocycles. The van der Waals surface area contributed by atoms with E-state index in [1.807, 2.05) is 0 Å². The lowest BCUT2D eigenvalue weighted by Crippen LogP contribution is -2.28. The monoisotopic (exact) mass is 266 g/mol. The number of rotatable bonds is 4. The van der Waals surface area contributed by atoms with Crippen LogP contribution in [0.5, 0.6) is 0 Å². The van der Waals surface area contributed by atoms with Gasteiger partial charge in [0.25, 0.3) is 0 Å². The third-order valence-corrected chi connectivity index (χ3v) is 3.59. The molecule has 2 aromatic rings. The van der Waals surface area contributed by atoms with Crippen molar-refractivity contribution in [2.45, 2.75) is 11.4 Å². The minimum Gasteiger partial charge on any atom is -0.366 e. The molecule has 0 unspecified atom stereocenters. The fourth-order valence-electron chi connectivity index (χ4n) is 1.28. The fourth-order valence-corrected chi connectivity index (χ4v) is 2.33. The Balaban J connectivity index is 2.19. The lowest BCUT2D eigenvalue weighted by atomic mass is 10.4. The third kappa shape index (κ3) is 2.79. The van der Waals surface area contributed by atoms with Gasteiger partial charge in [0.2, 0.25) is 15.5 Å². The highest BCUT2D eigenvalue weighted by Crippen LogP contribution is 2.01. The van der Waals surface area contributed by atoms with Crippen molar-refractivity contribution in [3.05, 3.63) is 53.0 Å². The standard InChI is InChI=1S/C10H10N4O3S/c15-9-2-4-11-6-10(9)18(16,17)14-5-8-1-3-12-7-13-8/h1-4,6-7,14H,5H2,(H,11,15). The van der Waals surface area contributed by atoms with Crippen molar-refractivity contribution in [1.29, 1.82) is 0 Å². The molecule has 0 amide bonds. The van der Waals surface area contributed by atoms with Crippen molar-refractivity contribution < 1.29 is 8.42 Å². The van der Waals surface area contributed by atoms with E-state index in [0.717, 1.165) is 12.3 Å². The minimum absolute atomic E-state index is 0.000806. The van der Waals surface area contributed by atoms with Gasteiger partial charge in [-0.25, -0.2) is 23.1 Å². The molecule has 0 atom stereocenters. The zero-order valence-corrected chi connectivity index (χ0v) is 10.0. The van der Waals surface area contributed by atoms with Crippen LogP contribution < -0.4 is 10.2 Å². The zero-order chi connectivity index (χ0) is 13.0. The summed E-state index contributed by atoms with van der Waals surface area (Å²) in [4.78, 5) is 21.2. The first-order chi connectivity index (χ1) is 8.59. The average Bonchev–Trinajstić information content (AvgIpc) is 2.38. The molecule has 0 aliphatic heterocycles. The van der Waals surface area contributed by atoms with Gasteiger partial charge in [0.1, 0.15) is 11.2 Å². The van der Waals surface area contributed by atoms with Crippen molar-refractivity contribution in [3.63, 3.8) is 0 Å². The maximum atomic E-state index is 11.9. The Morgan fingerprint density at radius 3 is 2.83 bits per heavy atom. The summed E-state index contributed by atoms with van der Waals surface area (Å²) in [5.41, 5.74) is -0.0510. The molecule has 7 nitrogen and oxygen atoms in total. The highest BCUT2D eigenvalue weighted by Gasteiger charge is 2.17. The number of sulfonamides is 1. The second kappa shape index (κ2) is 5.07.